The van der Waals surface area contributed by atoms with E-state index >= 15 is 0 Å². The van der Waals surface area contributed by atoms with E-state index in [-0.39, 0.29) is 25.6 Å². The zero-order valence-corrected chi connectivity index (χ0v) is 25.2. The van der Waals surface area contributed by atoms with Crippen molar-refractivity contribution < 1.29 is 28.2 Å². The van der Waals surface area contributed by atoms with Gasteiger partial charge in [0.15, 0.2) is 11.7 Å². The average molecular weight is 656 g/mol. The Morgan fingerprint density at radius 3 is 2.67 bits per heavy atom. The summed E-state index contributed by atoms with van der Waals surface area (Å²) < 4.78 is 30.9. The van der Waals surface area contributed by atoms with Crippen LogP contribution in [0.25, 0.3) is 0 Å². The summed E-state index contributed by atoms with van der Waals surface area (Å²) in [4.78, 5) is 25.2. The molecule has 0 bridgehead atoms. The number of hydrazone groups is 1. The molecule has 0 radical (unpaired) electrons. The summed E-state index contributed by atoms with van der Waals surface area (Å²) in [5.41, 5.74) is 5.40. The number of halogens is 2. The van der Waals surface area contributed by atoms with Gasteiger partial charge in [0, 0.05) is 11.3 Å². The molecule has 0 saturated carbocycles. The second-order valence-corrected chi connectivity index (χ2v) is 10.3. The molecule has 218 valence electrons. The number of thiocarbonyl (C=S) groups is 1. The molecular formula is C30H28BrFN4O5S. The Balaban J connectivity index is 1.35. The lowest BCUT2D eigenvalue weighted by atomic mass is 9.95. The number of rotatable bonds is 11. The molecule has 0 aliphatic carbocycles. The molecule has 4 rings (SSSR count). The van der Waals surface area contributed by atoms with Crippen LogP contribution >= 0.6 is 28.1 Å². The molecule has 0 unspecified atom stereocenters. The van der Waals surface area contributed by atoms with Gasteiger partial charge < -0.3 is 24.8 Å². The summed E-state index contributed by atoms with van der Waals surface area (Å²) in [7, 11) is 0. The van der Waals surface area contributed by atoms with Crippen molar-refractivity contribution >= 4 is 51.4 Å². The Labute approximate surface area is 256 Å². The smallest absolute Gasteiger partial charge is 0.338 e. The summed E-state index contributed by atoms with van der Waals surface area (Å²) in [5.74, 6) is -0.320. The Morgan fingerprint density at radius 1 is 1.10 bits per heavy atom. The van der Waals surface area contributed by atoms with Crippen LogP contribution in [0.5, 0.6) is 11.5 Å². The second kappa shape index (κ2) is 14.6. The summed E-state index contributed by atoms with van der Waals surface area (Å²) in [5, 5.41) is 10.4. The molecule has 9 nitrogen and oxygen atoms in total. The van der Waals surface area contributed by atoms with Crippen LogP contribution in [0.15, 0.2) is 87.6 Å². The molecule has 1 heterocycles. The van der Waals surface area contributed by atoms with Crippen molar-refractivity contribution in [2.75, 3.05) is 13.2 Å². The van der Waals surface area contributed by atoms with Gasteiger partial charge in [0.25, 0.3) is 5.91 Å². The van der Waals surface area contributed by atoms with Gasteiger partial charge >= 0.3 is 5.97 Å². The fourth-order valence-electron chi connectivity index (χ4n) is 4.11. The number of carbonyl (C=O) groups is 2. The van der Waals surface area contributed by atoms with Gasteiger partial charge in [0.2, 0.25) is 0 Å². The molecule has 12 heteroatoms. The number of esters is 1. The van der Waals surface area contributed by atoms with Gasteiger partial charge in [-0.2, -0.15) is 5.10 Å². The number of carbonyl (C=O) groups excluding carboxylic acids is 2. The quantitative estimate of drug-likeness (QED) is 0.114. The monoisotopic (exact) mass is 654 g/mol. The number of benzene rings is 3. The minimum Gasteiger partial charge on any atom is -0.488 e. The molecule has 0 aromatic heterocycles. The number of ether oxygens (including phenoxy) is 3. The van der Waals surface area contributed by atoms with E-state index in [1.165, 1.54) is 18.3 Å². The van der Waals surface area contributed by atoms with E-state index in [0.29, 0.717) is 49.0 Å². The zero-order valence-electron chi connectivity index (χ0n) is 22.8. The maximum Gasteiger partial charge on any atom is 0.338 e. The molecule has 3 aromatic rings. The van der Waals surface area contributed by atoms with E-state index in [4.69, 9.17) is 26.4 Å². The molecule has 1 atom stereocenters. The predicted molar refractivity (Wildman–Crippen MR) is 163 cm³/mol. The zero-order chi connectivity index (χ0) is 30.1. The van der Waals surface area contributed by atoms with Crippen LogP contribution in [0.2, 0.25) is 0 Å². The normalized spacial score (nSPS) is 14.7. The van der Waals surface area contributed by atoms with Crippen LogP contribution in [0.1, 0.15) is 36.6 Å². The molecule has 0 saturated heterocycles. The first-order chi connectivity index (χ1) is 20.2. The minimum atomic E-state index is -0.630. The largest absolute Gasteiger partial charge is 0.488 e. The van der Waals surface area contributed by atoms with Crippen molar-refractivity contribution in [3.8, 4) is 11.5 Å². The summed E-state index contributed by atoms with van der Waals surface area (Å²) in [6, 6.07) is 17.9. The van der Waals surface area contributed by atoms with E-state index in [1.807, 2.05) is 0 Å². The number of amides is 1. The lowest BCUT2D eigenvalue weighted by Gasteiger charge is -2.30. The Bertz CT molecular complexity index is 1550. The highest BCUT2D eigenvalue weighted by atomic mass is 79.9. The van der Waals surface area contributed by atoms with Crippen molar-refractivity contribution in [2.45, 2.75) is 26.5 Å². The van der Waals surface area contributed by atoms with Gasteiger partial charge in [-0.05, 0) is 89.5 Å². The van der Waals surface area contributed by atoms with Crippen molar-refractivity contribution in [2.24, 2.45) is 5.10 Å². The number of nitrogens with zero attached hydrogens (tertiary/aromatic N) is 1. The summed E-state index contributed by atoms with van der Waals surface area (Å²) in [6.07, 6.45) is 1.48. The van der Waals surface area contributed by atoms with E-state index < -0.39 is 17.9 Å². The summed E-state index contributed by atoms with van der Waals surface area (Å²) in [6.45, 7) is 3.58. The third-order valence-corrected chi connectivity index (χ3v) is 6.84. The highest BCUT2D eigenvalue weighted by Crippen LogP contribution is 2.33. The van der Waals surface area contributed by atoms with Gasteiger partial charge in [-0.25, -0.2) is 14.6 Å². The average Bonchev–Trinajstić information content (AvgIpc) is 2.95. The van der Waals surface area contributed by atoms with E-state index in [0.717, 1.165) is 0 Å². The highest BCUT2D eigenvalue weighted by Gasteiger charge is 2.32. The van der Waals surface area contributed by atoms with Crippen molar-refractivity contribution in [1.29, 1.82) is 0 Å². The summed E-state index contributed by atoms with van der Waals surface area (Å²) >= 11 is 8.76. The Hall–Kier alpha value is -4.29. The molecule has 0 spiro atoms. The van der Waals surface area contributed by atoms with Crippen molar-refractivity contribution in [3.05, 3.63) is 105 Å². The topological polar surface area (TPSA) is 110 Å². The third kappa shape index (κ3) is 8.14. The van der Waals surface area contributed by atoms with Crippen LogP contribution in [-0.4, -0.2) is 36.4 Å². The van der Waals surface area contributed by atoms with Gasteiger partial charge in [-0.15, -0.1) is 0 Å². The van der Waals surface area contributed by atoms with E-state index in [2.05, 4.69) is 37.1 Å². The van der Waals surface area contributed by atoms with E-state index in [9.17, 15) is 14.0 Å². The number of nitrogens with one attached hydrogen (secondary N) is 3. The lowest BCUT2D eigenvalue weighted by molar-refractivity contribution is -0.139. The first-order valence-corrected chi connectivity index (χ1v) is 14.1. The Kier molecular flexibility index (Phi) is 10.6. The molecule has 1 aliphatic rings. The fraction of sp³-hybridized carbons (Fsp3) is 0.200. The van der Waals surface area contributed by atoms with E-state index in [1.54, 1.807) is 68.4 Å². The number of allylic oxidation sites excluding steroid dienone is 1. The van der Waals surface area contributed by atoms with Gasteiger partial charge in [0.1, 0.15) is 23.9 Å². The first-order valence-electron chi connectivity index (χ1n) is 12.9. The van der Waals surface area contributed by atoms with Crippen LogP contribution in [0.4, 0.5) is 4.39 Å². The predicted octanol–water partition coefficient (Wildman–Crippen LogP) is 5.05. The van der Waals surface area contributed by atoms with Crippen LogP contribution in [-0.2, 0) is 20.9 Å². The number of para-hydroxylation sites is 1. The number of hydrogen-bond donors (Lipinski definition) is 3. The standard InChI is InChI=1S/C30H28BrFN4O5S/c1-3-39-29(38)27-18(2)34-30(42)35-28(27)22-9-4-5-10-24(22)41-17-26(37)36-33-15-19-11-12-25(23(31)14-19)40-16-20-7-6-8-21(32)13-20/h4-15,28H,3,16-17H2,1-2H3,(H,36,37)(H2,34,35,42)/t28-/m1/s1. The van der Waals surface area contributed by atoms with Crippen molar-refractivity contribution in [1.82, 2.24) is 16.1 Å². The third-order valence-electron chi connectivity index (χ3n) is 6.00. The molecule has 3 aromatic carbocycles. The van der Waals surface area contributed by atoms with Gasteiger partial charge in [0.05, 0.1) is 28.9 Å². The van der Waals surface area contributed by atoms with Crippen LogP contribution < -0.4 is 25.5 Å². The van der Waals surface area contributed by atoms with Crippen molar-refractivity contribution in [3.63, 3.8) is 0 Å². The lowest BCUT2D eigenvalue weighted by Crippen LogP contribution is -2.45. The second-order valence-electron chi connectivity index (χ2n) is 9.02. The molecule has 42 heavy (non-hydrogen) atoms. The number of hydrogen-bond acceptors (Lipinski definition) is 7. The SMILES string of the molecule is CCOC(=O)C1=C(C)NC(=S)N[C@@H]1c1ccccc1OCC(=O)NN=Cc1ccc(OCc2cccc(F)c2)c(Br)c1. The molecular weight excluding hydrogens is 627 g/mol. The van der Waals surface area contributed by atoms with Gasteiger partial charge in [-0.1, -0.05) is 30.3 Å². The molecule has 0 fully saturated rings. The first kappa shape index (κ1) is 30.7. The Morgan fingerprint density at radius 2 is 1.90 bits per heavy atom. The highest BCUT2D eigenvalue weighted by molar-refractivity contribution is 9.10. The van der Waals surface area contributed by atoms with Gasteiger partial charge in [-0.3, -0.25) is 4.79 Å². The maximum absolute atomic E-state index is 13.4. The molecule has 3 N–H and O–H groups in total. The minimum absolute atomic E-state index is 0.212. The maximum atomic E-state index is 13.4. The van der Waals surface area contributed by atoms with Crippen LogP contribution in [0, 0.1) is 5.82 Å². The van der Waals surface area contributed by atoms with Crippen LogP contribution in [0.3, 0.4) is 0 Å². The fourth-order valence-corrected chi connectivity index (χ4v) is 4.90. The molecule has 1 amide bonds. The molecule has 1 aliphatic heterocycles.